The minimum Gasteiger partial charge on any atom is -0.493 e. The van der Waals surface area contributed by atoms with Crippen LogP contribution in [0.1, 0.15) is 22.8 Å². The van der Waals surface area contributed by atoms with Crippen molar-refractivity contribution >= 4 is 6.29 Å². The average molecular weight is 182 g/mol. The van der Waals surface area contributed by atoms with Crippen molar-refractivity contribution in [2.24, 2.45) is 0 Å². The van der Waals surface area contributed by atoms with Gasteiger partial charge in [-0.25, -0.2) is 4.39 Å². The molecule has 0 aliphatic heterocycles. The minimum atomic E-state index is -0.353. The number of rotatable bonds is 3. The lowest BCUT2D eigenvalue weighted by molar-refractivity contribution is 0.111. The molecule has 0 radical (unpaired) electrons. The van der Waals surface area contributed by atoms with Gasteiger partial charge in [-0.15, -0.1) is 0 Å². The van der Waals surface area contributed by atoms with Crippen molar-refractivity contribution in [2.45, 2.75) is 13.8 Å². The van der Waals surface area contributed by atoms with Crippen LogP contribution in [0.2, 0.25) is 0 Å². The van der Waals surface area contributed by atoms with Gasteiger partial charge in [0.1, 0.15) is 11.6 Å². The largest absolute Gasteiger partial charge is 0.493 e. The van der Waals surface area contributed by atoms with Gasteiger partial charge in [-0.3, -0.25) is 4.79 Å². The molecule has 0 N–H and O–H groups in total. The van der Waals surface area contributed by atoms with Crippen LogP contribution in [0.5, 0.6) is 5.75 Å². The molecule has 0 heterocycles. The summed E-state index contributed by atoms with van der Waals surface area (Å²) in [5.74, 6) is -0.0466. The number of carbonyl (C=O) groups is 1. The van der Waals surface area contributed by atoms with E-state index in [2.05, 4.69) is 0 Å². The Morgan fingerprint density at radius 1 is 1.54 bits per heavy atom. The molecular weight excluding hydrogens is 171 g/mol. The third-order valence-electron chi connectivity index (χ3n) is 1.72. The fraction of sp³-hybridized carbons (Fsp3) is 0.300. The number of ether oxygens (including phenoxy) is 1. The molecule has 0 atom stereocenters. The predicted octanol–water partition coefficient (Wildman–Crippen LogP) is 2.35. The Morgan fingerprint density at radius 3 is 2.77 bits per heavy atom. The lowest BCUT2D eigenvalue weighted by Gasteiger charge is -2.07. The Kier molecular flexibility index (Phi) is 3.01. The molecule has 1 aromatic carbocycles. The number of hydrogen-bond donors (Lipinski definition) is 0. The van der Waals surface area contributed by atoms with E-state index in [1.54, 1.807) is 13.8 Å². The van der Waals surface area contributed by atoms with Gasteiger partial charge >= 0.3 is 0 Å². The second-order valence-corrected chi connectivity index (χ2v) is 2.69. The molecule has 0 aliphatic rings. The summed E-state index contributed by atoms with van der Waals surface area (Å²) >= 11 is 0. The van der Waals surface area contributed by atoms with Gasteiger partial charge in [-0.05, 0) is 25.5 Å². The second kappa shape index (κ2) is 4.03. The highest BCUT2D eigenvalue weighted by Gasteiger charge is 2.06. The molecule has 13 heavy (non-hydrogen) atoms. The zero-order valence-electron chi connectivity index (χ0n) is 7.63. The van der Waals surface area contributed by atoms with E-state index in [0.29, 0.717) is 29.8 Å². The van der Waals surface area contributed by atoms with E-state index in [4.69, 9.17) is 4.74 Å². The molecule has 0 saturated carbocycles. The van der Waals surface area contributed by atoms with Gasteiger partial charge in [-0.1, -0.05) is 0 Å². The molecule has 0 amide bonds. The van der Waals surface area contributed by atoms with E-state index >= 15 is 0 Å². The molecule has 3 heteroatoms. The fourth-order valence-corrected chi connectivity index (χ4v) is 1.06. The fourth-order valence-electron chi connectivity index (χ4n) is 1.06. The molecular formula is C10H11FO2. The van der Waals surface area contributed by atoms with E-state index < -0.39 is 0 Å². The first kappa shape index (κ1) is 9.71. The Hall–Kier alpha value is -1.38. The van der Waals surface area contributed by atoms with Gasteiger partial charge in [0, 0.05) is 6.07 Å². The summed E-state index contributed by atoms with van der Waals surface area (Å²) in [6.45, 7) is 3.81. The smallest absolute Gasteiger partial charge is 0.153 e. The van der Waals surface area contributed by atoms with Crippen molar-refractivity contribution in [1.29, 1.82) is 0 Å². The second-order valence-electron chi connectivity index (χ2n) is 2.69. The quantitative estimate of drug-likeness (QED) is 0.670. The summed E-state index contributed by atoms with van der Waals surface area (Å²) in [6.07, 6.45) is 0.664. The summed E-state index contributed by atoms with van der Waals surface area (Å²) in [4.78, 5) is 10.6. The van der Waals surface area contributed by atoms with Crippen molar-refractivity contribution in [3.05, 3.63) is 29.1 Å². The van der Waals surface area contributed by atoms with Gasteiger partial charge in [-0.2, -0.15) is 0 Å². The summed E-state index contributed by atoms with van der Waals surface area (Å²) in [6, 6.07) is 2.72. The maximum absolute atomic E-state index is 13.0. The predicted molar refractivity (Wildman–Crippen MR) is 47.7 cm³/mol. The number of aryl methyl sites for hydroxylation is 1. The van der Waals surface area contributed by atoms with Crippen LogP contribution < -0.4 is 4.74 Å². The molecule has 0 aliphatic carbocycles. The summed E-state index contributed by atoms with van der Waals surface area (Å²) < 4.78 is 18.1. The number of halogens is 1. The lowest BCUT2D eigenvalue weighted by Crippen LogP contribution is -1.98. The Labute approximate surface area is 76.3 Å². The van der Waals surface area contributed by atoms with Crippen LogP contribution in [-0.2, 0) is 0 Å². The van der Waals surface area contributed by atoms with E-state index in [-0.39, 0.29) is 5.82 Å². The standard InChI is InChI=1S/C10H11FO2/c1-3-13-10-5-9(11)7(2)4-8(10)6-12/h4-6H,3H2,1-2H3. The zero-order chi connectivity index (χ0) is 9.84. The SMILES string of the molecule is CCOc1cc(F)c(C)cc1C=O. The number of carbonyl (C=O) groups excluding carboxylic acids is 1. The Balaban J connectivity index is 3.16. The lowest BCUT2D eigenvalue weighted by atomic mass is 10.1. The van der Waals surface area contributed by atoms with Gasteiger partial charge in [0.15, 0.2) is 6.29 Å². The van der Waals surface area contributed by atoms with Crippen molar-refractivity contribution in [2.75, 3.05) is 6.61 Å². The van der Waals surface area contributed by atoms with Crippen LogP contribution >= 0.6 is 0 Å². The summed E-state index contributed by atoms with van der Waals surface area (Å²) in [5, 5.41) is 0. The van der Waals surface area contributed by atoms with Crippen LogP contribution in [0.4, 0.5) is 4.39 Å². The molecule has 0 fully saturated rings. The van der Waals surface area contributed by atoms with Gasteiger partial charge in [0.05, 0.1) is 12.2 Å². The Bertz CT molecular complexity index is 321. The zero-order valence-corrected chi connectivity index (χ0v) is 7.63. The van der Waals surface area contributed by atoms with Gasteiger partial charge < -0.3 is 4.74 Å². The molecule has 0 aromatic heterocycles. The molecule has 0 saturated heterocycles. The van der Waals surface area contributed by atoms with Gasteiger partial charge in [0.25, 0.3) is 0 Å². The van der Waals surface area contributed by atoms with Gasteiger partial charge in [0.2, 0.25) is 0 Å². The van der Waals surface area contributed by atoms with Crippen LogP contribution in [0.25, 0.3) is 0 Å². The first-order chi connectivity index (χ1) is 6.19. The van der Waals surface area contributed by atoms with E-state index in [0.717, 1.165) is 0 Å². The molecule has 2 nitrogen and oxygen atoms in total. The highest BCUT2D eigenvalue weighted by molar-refractivity contribution is 5.79. The number of aldehydes is 1. The minimum absolute atomic E-state index is 0.306. The van der Waals surface area contributed by atoms with Crippen LogP contribution in [0.15, 0.2) is 12.1 Å². The topological polar surface area (TPSA) is 26.3 Å². The van der Waals surface area contributed by atoms with E-state index in [1.807, 2.05) is 0 Å². The maximum atomic E-state index is 13.0. The molecule has 1 rings (SSSR count). The Morgan fingerprint density at radius 2 is 2.23 bits per heavy atom. The van der Waals surface area contributed by atoms with E-state index in [1.165, 1.54) is 12.1 Å². The number of benzene rings is 1. The monoisotopic (exact) mass is 182 g/mol. The van der Waals surface area contributed by atoms with Crippen molar-refractivity contribution in [1.82, 2.24) is 0 Å². The van der Waals surface area contributed by atoms with E-state index in [9.17, 15) is 9.18 Å². The highest BCUT2D eigenvalue weighted by atomic mass is 19.1. The molecule has 0 bridgehead atoms. The summed E-state index contributed by atoms with van der Waals surface area (Å²) in [5.41, 5.74) is 0.839. The molecule has 70 valence electrons. The third-order valence-corrected chi connectivity index (χ3v) is 1.72. The first-order valence-electron chi connectivity index (χ1n) is 4.07. The number of hydrogen-bond acceptors (Lipinski definition) is 2. The normalized spacial score (nSPS) is 9.77. The van der Waals surface area contributed by atoms with Crippen molar-refractivity contribution in [3.63, 3.8) is 0 Å². The van der Waals surface area contributed by atoms with Crippen molar-refractivity contribution in [3.8, 4) is 5.75 Å². The first-order valence-corrected chi connectivity index (χ1v) is 4.07. The highest BCUT2D eigenvalue weighted by Crippen LogP contribution is 2.21. The molecule has 0 spiro atoms. The molecule has 1 aromatic rings. The van der Waals surface area contributed by atoms with Crippen LogP contribution in [-0.4, -0.2) is 12.9 Å². The maximum Gasteiger partial charge on any atom is 0.153 e. The summed E-state index contributed by atoms with van der Waals surface area (Å²) in [7, 11) is 0. The molecule has 0 unspecified atom stereocenters. The third kappa shape index (κ3) is 2.05. The van der Waals surface area contributed by atoms with Crippen LogP contribution in [0.3, 0.4) is 0 Å². The van der Waals surface area contributed by atoms with Crippen LogP contribution in [0, 0.1) is 12.7 Å². The van der Waals surface area contributed by atoms with Crippen molar-refractivity contribution < 1.29 is 13.9 Å². The average Bonchev–Trinajstić information content (AvgIpc) is 2.11.